The maximum Gasteiger partial charge on any atom is 0.173 e. The van der Waals surface area contributed by atoms with Crippen molar-refractivity contribution in [3.05, 3.63) is 24.3 Å². The minimum Gasteiger partial charge on any atom is -0.593 e. The van der Waals surface area contributed by atoms with Crippen LogP contribution < -0.4 is 9.88 Å². The summed E-state index contributed by atoms with van der Waals surface area (Å²) in [6, 6.07) is 6.80. The largest absolute Gasteiger partial charge is 0.593 e. The zero-order chi connectivity index (χ0) is 8.27. The van der Waals surface area contributed by atoms with Gasteiger partial charge in [0.2, 0.25) is 0 Å². The molecule has 1 atom stereocenters. The Kier molecular flexibility index (Phi) is 2.76. The Morgan fingerprint density at radius 2 is 1.91 bits per heavy atom. The van der Waals surface area contributed by atoms with Crippen molar-refractivity contribution in [3.63, 3.8) is 0 Å². The summed E-state index contributed by atoms with van der Waals surface area (Å²) < 4.78 is 15.6. The molecule has 0 saturated carbocycles. The molecule has 0 radical (unpaired) electrons. The number of hydrogen-bond donors (Lipinski definition) is 1. The van der Waals surface area contributed by atoms with Crippen molar-refractivity contribution in [1.82, 2.24) is 0 Å². The highest BCUT2D eigenvalue weighted by Gasteiger charge is 2.03. The highest BCUT2D eigenvalue weighted by atomic mass is 32.2. The van der Waals surface area contributed by atoms with E-state index in [1.807, 2.05) is 0 Å². The van der Waals surface area contributed by atoms with Crippen LogP contribution in [0.1, 0.15) is 0 Å². The molecule has 0 aliphatic heterocycles. The molecule has 0 bridgehead atoms. The topological polar surface area (TPSA) is 58.3 Å². The van der Waals surface area contributed by atoms with Crippen molar-refractivity contribution in [2.75, 3.05) is 7.11 Å². The van der Waals surface area contributed by atoms with Crippen LogP contribution in [0, 0.1) is 0 Å². The number of benzene rings is 1. The van der Waals surface area contributed by atoms with Gasteiger partial charge in [-0.3, -0.25) is 0 Å². The first-order valence-electron chi connectivity index (χ1n) is 3.04. The van der Waals surface area contributed by atoms with Crippen molar-refractivity contribution in [2.45, 2.75) is 4.90 Å². The Morgan fingerprint density at radius 1 is 1.36 bits per heavy atom. The third-order valence-corrected chi connectivity index (χ3v) is 2.03. The fourth-order valence-corrected chi connectivity index (χ4v) is 1.11. The normalized spacial score (nSPS) is 12.6. The molecular formula is C7H9NO2S. The van der Waals surface area contributed by atoms with Crippen LogP contribution >= 0.6 is 0 Å². The fourth-order valence-electron chi connectivity index (χ4n) is 0.710. The zero-order valence-corrected chi connectivity index (χ0v) is 6.93. The summed E-state index contributed by atoms with van der Waals surface area (Å²) in [4.78, 5) is 0.603. The molecule has 0 spiro atoms. The molecule has 0 aliphatic carbocycles. The molecule has 60 valence electrons. The number of rotatable bonds is 2. The average Bonchev–Trinajstić information content (AvgIpc) is 2.05. The van der Waals surface area contributed by atoms with Crippen LogP contribution in [-0.2, 0) is 11.4 Å². The van der Waals surface area contributed by atoms with Crippen LogP contribution in [-0.4, -0.2) is 11.7 Å². The van der Waals surface area contributed by atoms with E-state index in [0.29, 0.717) is 4.90 Å². The van der Waals surface area contributed by atoms with Gasteiger partial charge in [-0.2, -0.15) is 0 Å². The average molecular weight is 171 g/mol. The highest BCUT2D eigenvalue weighted by Crippen LogP contribution is 2.13. The molecule has 1 rings (SSSR count). The second-order valence-corrected chi connectivity index (χ2v) is 3.04. The van der Waals surface area contributed by atoms with E-state index in [-0.39, 0.29) is 0 Å². The van der Waals surface area contributed by atoms with Gasteiger partial charge in [0.15, 0.2) is 4.90 Å². The Morgan fingerprint density at radius 3 is 2.27 bits per heavy atom. The Balaban J connectivity index is 2.83. The molecule has 0 heterocycles. The van der Waals surface area contributed by atoms with E-state index in [2.05, 4.69) is 0 Å². The first-order chi connectivity index (χ1) is 5.24. The Labute approximate surface area is 68.5 Å². The number of hydrogen-bond acceptors (Lipinski definition) is 3. The lowest BCUT2D eigenvalue weighted by Gasteiger charge is -2.02. The fraction of sp³-hybridized carbons (Fsp3) is 0.143. The van der Waals surface area contributed by atoms with Gasteiger partial charge in [-0.1, -0.05) is 0 Å². The smallest absolute Gasteiger partial charge is 0.173 e. The summed E-state index contributed by atoms with van der Waals surface area (Å²) in [6.45, 7) is 0. The lowest BCUT2D eigenvalue weighted by Crippen LogP contribution is -2.11. The summed E-state index contributed by atoms with van der Waals surface area (Å²) >= 11 is -1.39. The number of nitrogens with two attached hydrogens (primary N) is 1. The number of methoxy groups -OCH3 is 1. The van der Waals surface area contributed by atoms with Crippen molar-refractivity contribution in [3.8, 4) is 5.75 Å². The van der Waals surface area contributed by atoms with Crippen LogP contribution in [0.2, 0.25) is 0 Å². The molecule has 1 aromatic rings. The molecule has 1 unspecified atom stereocenters. The van der Waals surface area contributed by atoms with E-state index >= 15 is 0 Å². The van der Waals surface area contributed by atoms with Crippen molar-refractivity contribution in [2.24, 2.45) is 5.14 Å². The Bertz CT molecular complexity index is 222. The monoisotopic (exact) mass is 171 g/mol. The molecule has 0 aromatic heterocycles. The molecule has 0 amide bonds. The Hall–Kier alpha value is -0.710. The second kappa shape index (κ2) is 3.61. The molecule has 4 heteroatoms. The van der Waals surface area contributed by atoms with Crippen LogP contribution in [0.15, 0.2) is 29.2 Å². The van der Waals surface area contributed by atoms with Gasteiger partial charge in [0.05, 0.1) is 18.5 Å². The van der Waals surface area contributed by atoms with E-state index in [1.165, 1.54) is 0 Å². The third kappa shape index (κ3) is 2.11. The molecule has 11 heavy (non-hydrogen) atoms. The first kappa shape index (κ1) is 8.39. The van der Waals surface area contributed by atoms with Crippen molar-refractivity contribution >= 4 is 11.4 Å². The molecule has 0 saturated heterocycles. The molecule has 0 fully saturated rings. The van der Waals surface area contributed by atoms with Gasteiger partial charge in [0.1, 0.15) is 5.75 Å². The van der Waals surface area contributed by atoms with Crippen molar-refractivity contribution in [1.29, 1.82) is 0 Å². The summed E-state index contributed by atoms with van der Waals surface area (Å²) in [5.74, 6) is 0.735. The minimum absolute atomic E-state index is 0.603. The van der Waals surface area contributed by atoms with Crippen molar-refractivity contribution < 1.29 is 9.29 Å². The predicted molar refractivity (Wildman–Crippen MR) is 43.6 cm³/mol. The molecule has 1 aromatic carbocycles. The van der Waals surface area contributed by atoms with Gasteiger partial charge in [0, 0.05) is 0 Å². The van der Waals surface area contributed by atoms with Gasteiger partial charge in [-0.15, -0.1) is 5.14 Å². The predicted octanol–water partition coefficient (Wildman–Crippen LogP) is 0.677. The molecular weight excluding hydrogens is 162 g/mol. The van der Waals surface area contributed by atoms with Crippen LogP contribution in [0.3, 0.4) is 0 Å². The van der Waals surface area contributed by atoms with E-state index in [9.17, 15) is 4.55 Å². The lowest BCUT2D eigenvalue weighted by molar-refractivity contribution is 0.414. The first-order valence-corrected chi connectivity index (χ1v) is 4.25. The summed E-state index contributed by atoms with van der Waals surface area (Å²) in [7, 11) is 1.58. The third-order valence-electron chi connectivity index (χ3n) is 1.29. The molecule has 0 aliphatic rings. The quantitative estimate of drug-likeness (QED) is 0.665. The number of ether oxygens (including phenoxy) is 1. The highest BCUT2D eigenvalue weighted by molar-refractivity contribution is 7.89. The zero-order valence-electron chi connectivity index (χ0n) is 6.11. The van der Waals surface area contributed by atoms with Gasteiger partial charge in [-0.05, 0) is 24.3 Å². The summed E-state index contributed by atoms with van der Waals surface area (Å²) in [6.07, 6.45) is 0. The van der Waals surface area contributed by atoms with Gasteiger partial charge >= 0.3 is 0 Å². The standard InChI is InChI=1S/C7H9NO2S/c1-10-6-2-4-7(5-3-6)11(8)9/h2-5H,8H2,1H3. The van der Waals surface area contributed by atoms with Crippen LogP contribution in [0.25, 0.3) is 0 Å². The summed E-state index contributed by atoms with van der Waals surface area (Å²) in [5, 5.41) is 5.14. The van der Waals surface area contributed by atoms with Crippen LogP contribution in [0.5, 0.6) is 5.75 Å². The summed E-state index contributed by atoms with van der Waals surface area (Å²) in [5.41, 5.74) is 0. The minimum atomic E-state index is -1.39. The lowest BCUT2D eigenvalue weighted by atomic mass is 10.3. The van der Waals surface area contributed by atoms with Gasteiger partial charge < -0.3 is 9.29 Å². The van der Waals surface area contributed by atoms with E-state index in [1.54, 1.807) is 31.4 Å². The second-order valence-electron chi connectivity index (χ2n) is 1.97. The van der Waals surface area contributed by atoms with E-state index < -0.39 is 11.4 Å². The SMILES string of the molecule is COc1ccc([S+](N)[O-])cc1. The maximum atomic E-state index is 10.7. The van der Waals surface area contributed by atoms with E-state index in [4.69, 9.17) is 9.88 Å². The molecule has 3 nitrogen and oxygen atoms in total. The van der Waals surface area contributed by atoms with E-state index in [0.717, 1.165) is 5.75 Å². The maximum absolute atomic E-state index is 10.7. The molecule has 2 N–H and O–H groups in total. The van der Waals surface area contributed by atoms with Gasteiger partial charge in [-0.25, -0.2) is 0 Å². The van der Waals surface area contributed by atoms with Gasteiger partial charge in [0.25, 0.3) is 0 Å². The van der Waals surface area contributed by atoms with Crippen LogP contribution in [0.4, 0.5) is 0 Å².